The van der Waals surface area contributed by atoms with Gasteiger partial charge >= 0.3 is 6.03 Å². The van der Waals surface area contributed by atoms with Crippen molar-refractivity contribution in [2.75, 3.05) is 49.5 Å². The quantitative estimate of drug-likeness (QED) is 0.309. The first-order valence-electron chi connectivity index (χ1n) is 13.4. The zero-order valence-electron chi connectivity index (χ0n) is 22.4. The van der Waals surface area contributed by atoms with Crippen molar-refractivity contribution in [3.63, 3.8) is 0 Å². The number of aromatic amines is 1. The highest BCUT2D eigenvalue weighted by molar-refractivity contribution is 6.00. The van der Waals surface area contributed by atoms with Gasteiger partial charge in [-0.2, -0.15) is 0 Å². The molecule has 9 nitrogen and oxygen atoms in total. The number of carbonyl (C=O) groups is 2. The van der Waals surface area contributed by atoms with E-state index < -0.39 is 11.9 Å². The van der Waals surface area contributed by atoms with E-state index in [0.717, 1.165) is 67.3 Å². The number of ether oxygens (including phenoxy) is 1. The summed E-state index contributed by atoms with van der Waals surface area (Å²) in [5, 5.41) is 4.78. The number of benzene rings is 3. The maximum absolute atomic E-state index is 11.6. The number of para-hydroxylation sites is 1. The number of aromatic nitrogens is 2. The van der Waals surface area contributed by atoms with Crippen molar-refractivity contribution in [3.05, 3.63) is 72.3 Å². The lowest BCUT2D eigenvalue weighted by atomic mass is 10.1. The molecule has 3 aromatic carbocycles. The van der Waals surface area contributed by atoms with Gasteiger partial charge in [0.2, 0.25) is 5.91 Å². The van der Waals surface area contributed by atoms with E-state index in [2.05, 4.69) is 74.8 Å². The number of urea groups is 1. The molecular weight excluding hydrogens is 492 g/mol. The Bertz CT molecular complexity index is 1420. The molecule has 0 aliphatic carbocycles. The van der Waals surface area contributed by atoms with Crippen molar-refractivity contribution in [2.45, 2.75) is 20.3 Å². The predicted molar refractivity (Wildman–Crippen MR) is 154 cm³/mol. The van der Waals surface area contributed by atoms with E-state index in [0.29, 0.717) is 12.3 Å². The van der Waals surface area contributed by atoms with Gasteiger partial charge < -0.3 is 19.9 Å². The van der Waals surface area contributed by atoms with Crippen LogP contribution in [0.5, 0.6) is 5.75 Å². The number of aryl methyl sites for hydroxylation is 1. The molecule has 3 amide bonds. The van der Waals surface area contributed by atoms with Gasteiger partial charge in [-0.15, -0.1) is 0 Å². The van der Waals surface area contributed by atoms with Gasteiger partial charge in [0.05, 0.1) is 11.2 Å². The summed E-state index contributed by atoms with van der Waals surface area (Å²) in [6.07, 6.45) is 1.03. The summed E-state index contributed by atoms with van der Waals surface area (Å²) < 4.78 is 5.91. The molecule has 0 bridgehead atoms. The molecule has 0 atom stereocenters. The molecule has 1 aliphatic rings. The van der Waals surface area contributed by atoms with Crippen molar-refractivity contribution in [2.24, 2.45) is 0 Å². The number of rotatable bonds is 8. The second kappa shape index (κ2) is 12.0. The predicted octanol–water partition coefficient (Wildman–Crippen LogP) is 4.66. The Balaban J connectivity index is 1.12. The Morgan fingerprint density at radius 1 is 0.974 bits per heavy atom. The Kier molecular flexibility index (Phi) is 8.07. The van der Waals surface area contributed by atoms with Crippen LogP contribution in [0.2, 0.25) is 0 Å². The van der Waals surface area contributed by atoms with Gasteiger partial charge in [0, 0.05) is 50.9 Å². The molecule has 0 saturated carbocycles. The smallest absolute Gasteiger partial charge is 0.325 e. The average molecular weight is 527 g/mol. The minimum atomic E-state index is -0.555. The number of hydrogen-bond donors (Lipinski definition) is 3. The van der Waals surface area contributed by atoms with Crippen LogP contribution >= 0.6 is 0 Å². The van der Waals surface area contributed by atoms with Crippen LogP contribution in [-0.4, -0.2) is 66.1 Å². The lowest BCUT2D eigenvalue weighted by Gasteiger charge is -2.36. The number of carbonyl (C=O) groups excluding carboxylic acids is 2. The van der Waals surface area contributed by atoms with Gasteiger partial charge in [0.25, 0.3) is 0 Å². The molecule has 2 heterocycles. The number of anilines is 2. The van der Waals surface area contributed by atoms with E-state index in [4.69, 9.17) is 9.72 Å². The molecule has 0 unspecified atom stereocenters. The number of imidazole rings is 1. The maximum atomic E-state index is 11.6. The van der Waals surface area contributed by atoms with E-state index in [1.807, 2.05) is 0 Å². The average Bonchev–Trinajstić information content (AvgIpc) is 3.39. The Hall–Kier alpha value is -4.37. The van der Waals surface area contributed by atoms with Crippen LogP contribution in [-0.2, 0) is 11.2 Å². The van der Waals surface area contributed by atoms with Gasteiger partial charge in [-0.3, -0.25) is 15.0 Å². The first-order valence-corrected chi connectivity index (χ1v) is 13.4. The summed E-state index contributed by atoms with van der Waals surface area (Å²) in [6.45, 7) is 8.61. The Morgan fingerprint density at radius 2 is 1.72 bits per heavy atom. The van der Waals surface area contributed by atoms with Gasteiger partial charge in [-0.05, 0) is 48.4 Å². The summed E-state index contributed by atoms with van der Waals surface area (Å²) in [4.78, 5) is 35.9. The van der Waals surface area contributed by atoms with Gasteiger partial charge in [0.1, 0.15) is 23.7 Å². The van der Waals surface area contributed by atoms with E-state index in [-0.39, 0.29) is 0 Å². The van der Waals surface area contributed by atoms with Crippen molar-refractivity contribution >= 4 is 34.3 Å². The minimum absolute atomic E-state index is 0.408. The standard InChI is InChI=1S/C30H34N6O3/c1-3-22-7-9-23(10-8-22)29-33-26-5-4-6-27(28(26)34-29)36-17-15-35(16-18-36)19-20-39-25-13-11-24(12-14-25)32-30(38)31-21(2)37/h4-14H,3,15-20H2,1-2H3,(H,33,34)(H2,31,32,37,38). The van der Waals surface area contributed by atoms with Crippen LogP contribution in [0.4, 0.5) is 16.2 Å². The Labute approximate surface area is 228 Å². The molecule has 5 rings (SSSR count). The topological polar surface area (TPSA) is 103 Å². The number of imide groups is 1. The molecule has 202 valence electrons. The monoisotopic (exact) mass is 526 g/mol. The highest BCUT2D eigenvalue weighted by atomic mass is 16.5. The zero-order valence-corrected chi connectivity index (χ0v) is 22.4. The van der Waals surface area contributed by atoms with Gasteiger partial charge in [-0.25, -0.2) is 9.78 Å². The maximum Gasteiger partial charge on any atom is 0.325 e. The van der Waals surface area contributed by atoms with Crippen LogP contribution in [0.15, 0.2) is 66.7 Å². The summed E-state index contributed by atoms with van der Waals surface area (Å²) in [7, 11) is 0. The highest BCUT2D eigenvalue weighted by Gasteiger charge is 2.20. The first kappa shape index (κ1) is 26.2. The molecule has 9 heteroatoms. The molecule has 0 spiro atoms. The minimum Gasteiger partial charge on any atom is -0.492 e. The number of piperazine rings is 1. The highest BCUT2D eigenvalue weighted by Crippen LogP contribution is 2.29. The fourth-order valence-corrected chi connectivity index (χ4v) is 4.77. The zero-order chi connectivity index (χ0) is 27.2. The van der Waals surface area contributed by atoms with E-state index >= 15 is 0 Å². The van der Waals surface area contributed by atoms with Crippen LogP contribution < -0.4 is 20.3 Å². The molecule has 4 aromatic rings. The van der Waals surface area contributed by atoms with Crippen LogP contribution in [0.1, 0.15) is 19.4 Å². The number of hydrogen-bond acceptors (Lipinski definition) is 6. The third kappa shape index (κ3) is 6.56. The molecule has 1 aliphatic heterocycles. The molecule has 3 N–H and O–H groups in total. The molecule has 39 heavy (non-hydrogen) atoms. The Morgan fingerprint density at radius 3 is 2.41 bits per heavy atom. The van der Waals surface area contributed by atoms with Crippen molar-refractivity contribution in [1.29, 1.82) is 0 Å². The van der Waals surface area contributed by atoms with Gasteiger partial charge in [-0.1, -0.05) is 37.3 Å². The summed E-state index contributed by atoms with van der Waals surface area (Å²) in [6, 6.07) is 21.5. The first-order chi connectivity index (χ1) is 19.0. The molecule has 0 radical (unpaired) electrons. The third-order valence-corrected chi connectivity index (χ3v) is 6.92. The van der Waals surface area contributed by atoms with Crippen LogP contribution in [0, 0.1) is 0 Å². The SMILES string of the molecule is CCc1ccc(-c2nc3c(N4CCN(CCOc5ccc(NC(=O)NC(C)=O)cc5)CC4)cccc3[nH]2)cc1. The lowest BCUT2D eigenvalue weighted by molar-refractivity contribution is -0.117. The van der Waals surface area contributed by atoms with Crippen LogP contribution in [0.25, 0.3) is 22.4 Å². The summed E-state index contributed by atoms with van der Waals surface area (Å²) in [5.41, 5.74) is 6.25. The largest absolute Gasteiger partial charge is 0.492 e. The van der Waals surface area contributed by atoms with Crippen LogP contribution in [0.3, 0.4) is 0 Å². The van der Waals surface area contributed by atoms with Crippen molar-refractivity contribution in [3.8, 4) is 17.1 Å². The number of nitrogens with zero attached hydrogens (tertiary/aromatic N) is 3. The fraction of sp³-hybridized carbons (Fsp3) is 0.300. The third-order valence-electron chi connectivity index (χ3n) is 6.92. The van der Waals surface area contributed by atoms with E-state index in [1.54, 1.807) is 24.3 Å². The van der Waals surface area contributed by atoms with E-state index in [9.17, 15) is 9.59 Å². The number of nitrogens with one attached hydrogen (secondary N) is 3. The molecule has 1 aromatic heterocycles. The number of fused-ring (bicyclic) bond motifs is 1. The van der Waals surface area contributed by atoms with E-state index in [1.165, 1.54) is 18.2 Å². The molecule has 1 saturated heterocycles. The summed E-state index contributed by atoms with van der Waals surface area (Å²) >= 11 is 0. The lowest BCUT2D eigenvalue weighted by Crippen LogP contribution is -2.47. The summed E-state index contributed by atoms with van der Waals surface area (Å²) in [5.74, 6) is 1.23. The van der Waals surface area contributed by atoms with Crippen molar-refractivity contribution in [1.82, 2.24) is 20.2 Å². The van der Waals surface area contributed by atoms with Crippen molar-refractivity contribution < 1.29 is 14.3 Å². The molecule has 1 fully saturated rings. The molecular formula is C30H34N6O3. The second-order valence-electron chi connectivity index (χ2n) is 9.65. The van der Waals surface area contributed by atoms with Gasteiger partial charge in [0.15, 0.2) is 0 Å². The number of amides is 3. The normalized spacial score (nSPS) is 13.8. The second-order valence-corrected chi connectivity index (χ2v) is 9.65. The fourth-order valence-electron chi connectivity index (χ4n) is 4.77. The number of H-pyrrole nitrogens is 1.